The third-order valence-corrected chi connectivity index (χ3v) is 5.09. The van der Waals surface area contributed by atoms with Gasteiger partial charge in [-0.1, -0.05) is 42.5 Å². The molecule has 4 aromatic rings. The molecule has 0 spiro atoms. The predicted octanol–water partition coefficient (Wildman–Crippen LogP) is 4.58. The van der Waals surface area contributed by atoms with E-state index in [4.69, 9.17) is 4.98 Å². The van der Waals surface area contributed by atoms with Gasteiger partial charge in [0.2, 0.25) is 0 Å². The van der Waals surface area contributed by atoms with Crippen LogP contribution in [0.3, 0.4) is 0 Å². The number of rotatable bonds is 3. The molecule has 1 fully saturated rings. The highest BCUT2D eigenvalue weighted by Crippen LogP contribution is 2.34. The number of aromatic nitrogens is 2. The second-order valence-corrected chi connectivity index (χ2v) is 6.80. The lowest BCUT2D eigenvalue weighted by atomic mass is 10.0. The van der Waals surface area contributed by atoms with E-state index in [1.807, 2.05) is 24.3 Å². The zero-order chi connectivity index (χ0) is 18.2. The summed E-state index contributed by atoms with van der Waals surface area (Å²) in [4.78, 5) is 4.83. The first-order chi connectivity index (χ1) is 13.3. The van der Waals surface area contributed by atoms with Crippen LogP contribution in [0.5, 0.6) is 0 Å². The van der Waals surface area contributed by atoms with Crippen molar-refractivity contribution in [3.05, 3.63) is 90.2 Å². The molecule has 0 aliphatic carbocycles. The Labute approximate surface area is 156 Å². The minimum Gasteiger partial charge on any atom is -0.306 e. The molecule has 2 heterocycles. The standard InChI is InChI=1S/C22H19FN4/c23-17-12-10-16(11-13-17)22-24-18-8-4-5-9-20(18)27(22)21-14-19(25-26-21)15-6-2-1-3-7-15/h1-13,19,21,25-26H,14H2. The highest BCUT2D eigenvalue weighted by molar-refractivity contribution is 5.80. The summed E-state index contributed by atoms with van der Waals surface area (Å²) in [5.74, 6) is 0.593. The maximum atomic E-state index is 13.4. The molecular weight excluding hydrogens is 339 g/mol. The molecule has 0 radical (unpaired) electrons. The highest BCUT2D eigenvalue weighted by Gasteiger charge is 2.29. The molecular formula is C22H19FN4. The molecule has 0 bridgehead atoms. The van der Waals surface area contributed by atoms with E-state index in [2.05, 4.69) is 45.8 Å². The van der Waals surface area contributed by atoms with E-state index < -0.39 is 0 Å². The molecule has 4 nitrogen and oxygen atoms in total. The van der Waals surface area contributed by atoms with Crippen LogP contribution in [0.25, 0.3) is 22.4 Å². The normalized spacial score (nSPS) is 19.6. The van der Waals surface area contributed by atoms with E-state index in [9.17, 15) is 4.39 Å². The van der Waals surface area contributed by atoms with Gasteiger partial charge in [-0.05, 0) is 42.0 Å². The van der Waals surface area contributed by atoms with Gasteiger partial charge in [0.1, 0.15) is 17.8 Å². The molecule has 2 N–H and O–H groups in total. The van der Waals surface area contributed by atoms with Gasteiger partial charge in [-0.15, -0.1) is 0 Å². The van der Waals surface area contributed by atoms with Crippen LogP contribution < -0.4 is 10.9 Å². The maximum Gasteiger partial charge on any atom is 0.142 e. The smallest absolute Gasteiger partial charge is 0.142 e. The zero-order valence-electron chi connectivity index (χ0n) is 14.6. The number of benzene rings is 3. The Bertz CT molecular complexity index is 1070. The van der Waals surface area contributed by atoms with Crippen LogP contribution in [0.4, 0.5) is 4.39 Å². The Morgan fingerprint density at radius 3 is 2.41 bits per heavy atom. The van der Waals surface area contributed by atoms with Gasteiger partial charge in [0.25, 0.3) is 0 Å². The average Bonchev–Trinajstić information content (AvgIpc) is 3.34. The minimum atomic E-state index is -0.244. The number of fused-ring (bicyclic) bond motifs is 1. The molecule has 2 unspecified atom stereocenters. The number of imidazole rings is 1. The van der Waals surface area contributed by atoms with Gasteiger partial charge in [0, 0.05) is 18.0 Å². The molecule has 1 aliphatic rings. The topological polar surface area (TPSA) is 41.9 Å². The zero-order valence-corrected chi connectivity index (χ0v) is 14.6. The van der Waals surface area contributed by atoms with Crippen LogP contribution in [0, 0.1) is 5.82 Å². The molecule has 134 valence electrons. The van der Waals surface area contributed by atoms with E-state index in [1.54, 1.807) is 12.1 Å². The lowest BCUT2D eigenvalue weighted by Gasteiger charge is -2.16. The number of halogens is 1. The fourth-order valence-corrected chi connectivity index (χ4v) is 3.78. The molecule has 0 amide bonds. The number of nitrogens with one attached hydrogen (secondary N) is 2. The predicted molar refractivity (Wildman–Crippen MR) is 104 cm³/mol. The fourth-order valence-electron chi connectivity index (χ4n) is 3.78. The second kappa shape index (κ2) is 6.61. The summed E-state index contributed by atoms with van der Waals surface area (Å²) in [5.41, 5.74) is 11.0. The summed E-state index contributed by atoms with van der Waals surface area (Å²) in [5, 5.41) is 0. The average molecular weight is 358 g/mol. The molecule has 0 saturated carbocycles. The van der Waals surface area contributed by atoms with Gasteiger partial charge >= 0.3 is 0 Å². The van der Waals surface area contributed by atoms with Gasteiger partial charge in [-0.3, -0.25) is 0 Å². The van der Waals surface area contributed by atoms with E-state index >= 15 is 0 Å². The van der Waals surface area contributed by atoms with Crippen LogP contribution in [0.1, 0.15) is 24.2 Å². The molecule has 5 heteroatoms. The summed E-state index contributed by atoms with van der Waals surface area (Å²) in [6.07, 6.45) is 0.932. The summed E-state index contributed by atoms with van der Waals surface area (Å²) in [7, 11) is 0. The molecule has 27 heavy (non-hydrogen) atoms. The summed E-state index contributed by atoms with van der Waals surface area (Å²) in [6.45, 7) is 0. The van der Waals surface area contributed by atoms with Crippen LogP contribution >= 0.6 is 0 Å². The van der Waals surface area contributed by atoms with Crippen LogP contribution in [0.2, 0.25) is 0 Å². The van der Waals surface area contributed by atoms with Crippen LogP contribution in [-0.4, -0.2) is 9.55 Å². The van der Waals surface area contributed by atoms with E-state index in [-0.39, 0.29) is 18.0 Å². The highest BCUT2D eigenvalue weighted by atomic mass is 19.1. The summed E-state index contributed by atoms with van der Waals surface area (Å²) >= 11 is 0. The number of nitrogens with zero attached hydrogens (tertiary/aromatic N) is 2. The molecule has 1 saturated heterocycles. The van der Waals surface area contributed by atoms with E-state index in [0.717, 1.165) is 28.8 Å². The van der Waals surface area contributed by atoms with E-state index in [0.29, 0.717) is 0 Å². The van der Waals surface area contributed by atoms with Crippen LogP contribution in [0.15, 0.2) is 78.9 Å². The van der Waals surface area contributed by atoms with Crippen molar-refractivity contribution in [2.24, 2.45) is 0 Å². The molecule has 1 aliphatic heterocycles. The fraction of sp³-hybridized carbons (Fsp3) is 0.136. The molecule has 2 atom stereocenters. The Balaban J connectivity index is 1.58. The van der Waals surface area contributed by atoms with Crippen molar-refractivity contribution < 1.29 is 4.39 Å². The number of hydrogen-bond acceptors (Lipinski definition) is 3. The maximum absolute atomic E-state index is 13.4. The molecule has 3 aromatic carbocycles. The summed E-state index contributed by atoms with van der Waals surface area (Å²) < 4.78 is 15.6. The largest absolute Gasteiger partial charge is 0.306 e. The third-order valence-electron chi connectivity index (χ3n) is 5.09. The molecule has 5 rings (SSSR count). The van der Waals surface area contributed by atoms with Crippen LogP contribution in [-0.2, 0) is 0 Å². The summed E-state index contributed by atoms with van der Waals surface area (Å²) in [6, 6.07) is 25.2. The number of hydrogen-bond donors (Lipinski definition) is 2. The third kappa shape index (κ3) is 2.91. The Morgan fingerprint density at radius 1 is 0.852 bits per heavy atom. The monoisotopic (exact) mass is 358 g/mol. The Kier molecular flexibility index (Phi) is 3.96. The number of hydrazine groups is 1. The van der Waals surface area contributed by atoms with Crippen molar-refractivity contribution in [3.63, 3.8) is 0 Å². The van der Waals surface area contributed by atoms with Crippen molar-refractivity contribution in [1.29, 1.82) is 0 Å². The minimum absolute atomic E-state index is 0.0441. The van der Waals surface area contributed by atoms with Gasteiger partial charge in [0.15, 0.2) is 0 Å². The van der Waals surface area contributed by atoms with Gasteiger partial charge in [-0.2, -0.15) is 0 Å². The SMILES string of the molecule is Fc1ccc(-c2nc3ccccc3n2C2CC(c3ccccc3)NN2)cc1. The van der Waals surface area contributed by atoms with Gasteiger partial charge < -0.3 is 4.57 Å². The van der Waals surface area contributed by atoms with Crippen molar-refractivity contribution in [2.75, 3.05) is 0 Å². The quantitative estimate of drug-likeness (QED) is 0.563. The first-order valence-electron chi connectivity index (χ1n) is 9.08. The first kappa shape index (κ1) is 16.2. The van der Waals surface area contributed by atoms with Crippen molar-refractivity contribution in [3.8, 4) is 11.4 Å². The Morgan fingerprint density at radius 2 is 1.59 bits per heavy atom. The Hall–Kier alpha value is -3.02. The van der Waals surface area contributed by atoms with Crippen molar-refractivity contribution >= 4 is 11.0 Å². The van der Waals surface area contributed by atoms with Gasteiger partial charge in [-0.25, -0.2) is 20.2 Å². The lowest BCUT2D eigenvalue weighted by Crippen LogP contribution is -2.29. The molecule has 1 aromatic heterocycles. The van der Waals surface area contributed by atoms with Crippen molar-refractivity contribution in [1.82, 2.24) is 20.4 Å². The number of para-hydroxylation sites is 2. The van der Waals surface area contributed by atoms with Crippen molar-refractivity contribution in [2.45, 2.75) is 18.6 Å². The lowest BCUT2D eigenvalue weighted by molar-refractivity contribution is 0.455. The first-order valence-corrected chi connectivity index (χ1v) is 9.08. The second-order valence-electron chi connectivity index (χ2n) is 6.80. The van der Waals surface area contributed by atoms with E-state index in [1.165, 1.54) is 17.7 Å². The van der Waals surface area contributed by atoms with Gasteiger partial charge in [0.05, 0.1) is 11.0 Å².